The lowest BCUT2D eigenvalue weighted by Crippen LogP contribution is -2.50. The third-order valence-corrected chi connectivity index (χ3v) is 2.83. The molecule has 1 aromatic carbocycles. The number of hydrogen-bond donors (Lipinski definition) is 2. The van der Waals surface area contributed by atoms with E-state index in [0.29, 0.717) is 0 Å². The summed E-state index contributed by atoms with van der Waals surface area (Å²) in [5.74, 6) is -1.44. The Morgan fingerprint density at radius 1 is 1.37 bits per heavy atom. The van der Waals surface area contributed by atoms with E-state index in [1.165, 1.54) is 13.8 Å². The predicted octanol–water partition coefficient (Wildman–Crippen LogP) is 1.02. The summed E-state index contributed by atoms with van der Waals surface area (Å²) in [4.78, 5) is 27.0. The number of nitrogens with zero attached hydrogens (tertiary/aromatic N) is 2. The molecule has 0 aliphatic rings. The van der Waals surface area contributed by atoms with Gasteiger partial charge in [-0.2, -0.15) is 0 Å². The molecule has 0 fully saturated rings. The SMILES string of the molecule is CC(C)(NC(=O)Cn1cnc2ccccc21)C(=O)O. The highest BCUT2D eigenvalue weighted by atomic mass is 16.4. The number of carboxylic acids is 1. The van der Waals surface area contributed by atoms with Gasteiger partial charge < -0.3 is 15.0 Å². The Morgan fingerprint density at radius 3 is 2.74 bits per heavy atom. The van der Waals surface area contributed by atoms with E-state index in [1.807, 2.05) is 24.3 Å². The summed E-state index contributed by atoms with van der Waals surface area (Å²) in [6, 6.07) is 7.44. The first-order valence-corrected chi connectivity index (χ1v) is 5.84. The fourth-order valence-corrected chi connectivity index (χ4v) is 1.73. The highest BCUT2D eigenvalue weighted by Crippen LogP contribution is 2.11. The Kier molecular flexibility index (Phi) is 3.25. The van der Waals surface area contributed by atoms with Gasteiger partial charge in [0, 0.05) is 0 Å². The molecule has 0 radical (unpaired) electrons. The first kappa shape index (κ1) is 13.1. The molecule has 0 aliphatic heterocycles. The Balaban J connectivity index is 2.13. The summed E-state index contributed by atoms with van der Waals surface area (Å²) < 4.78 is 1.68. The molecular formula is C13H15N3O3. The Bertz CT molecular complexity index is 631. The molecule has 0 aliphatic carbocycles. The van der Waals surface area contributed by atoms with Crippen LogP contribution in [0.2, 0.25) is 0 Å². The number of para-hydroxylation sites is 2. The molecule has 0 spiro atoms. The van der Waals surface area contributed by atoms with E-state index in [-0.39, 0.29) is 12.5 Å². The normalized spacial score (nSPS) is 11.5. The molecule has 2 aromatic rings. The van der Waals surface area contributed by atoms with Crippen molar-refractivity contribution >= 4 is 22.9 Å². The van der Waals surface area contributed by atoms with E-state index in [4.69, 9.17) is 5.11 Å². The number of amides is 1. The van der Waals surface area contributed by atoms with Crippen molar-refractivity contribution in [2.24, 2.45) is 0 Å². The van der Waals surface area contributed by atoms with Crippen molar-refractivity contribution in [3.05, 3.63) is 30.6 Å². The summed E-state index contributed by atoms with van der Waals surface area (Å²) in [5.41, 5.74) is 0.353. The fourth-order valence-electron chi connectivity index (χ4n) is 1.73. The predicted molar refractivity (Wildman–Crippen MR) is 69.6 cm³/mol. The summed E-state index contributed by atoms with van der Waals surface area (Å²) in [6.07, 6.45) is 1.57. The molecule has 0 saturated heterocycles. The van der Waals surface area contributed by atoms with Crippen LogP contribution in [0.4, 0.5) is 0 Å². The first-order chi connectivity index (χ1) is 8.90. The topological polar surface area (TPSA) is 84.2 Å². The fraction of sp³-hybridized carbons (Fsp3) is 0.308. The van der Waals surface area contributed by atoms with Crippen LogP contribution in [0.15, 0.2) is 30.6 Å². The lowest BCUT2D eigenvalue weighted by atomic mass is 10.1. The summed E-state index contributed by atoms with van der Waals surface area (Å²) in [7, 11) is 0. The zero-order valence-electron chi connectivity index (χ0n) is 10.8. The maximum absolute atomic E-state index is 11.9. The number of rotatable bonds is 4. The zero-order valence-corrected chi connectivity index (χ0v) is 10.8. The van der Waals surface area contributed by atoms with Gasteiger partial charge in [-0.15, -0.1) is 0 Å². The zero-order chi connectivity index (χ0) is 14.0. The molecule has 0 bridgehead atoms. The number of aliphatic carboxylic acids is 1. The molecule has 1 heterocycles. The van der Waals surface area contributed by atoms with Crippen molar-refractivity contribution in [2.45, 2.75) is 25.9 Å². The van der Waals surface area contributed by atoms with Gasteiger partial charge in [-0.3, -0.25) is 4.79 Å². The van der Waals surface area contributed by atoms with Gasteiger partial charge in [-0.25, -0.2) is 9.78 Å². The minimum absolute atomic E-state index is 0.0389. The Labute approximate surface area is 110 Å². The van der Waals surface area contributed by atoms with Crippen molar-refractivity contribution < 1.29 is 14.7 Å². The molecule has 19 heavy (non-hydrogen) atoms. The number of nitrogens with one attached hydrogen (secondary N) is 1. The van der Waals surface area contributed by atoms with Crippen LogP contribution in [-0.4, -0.2) is 32.1 Å². The summed E-state index contributed by atoms with van der Waals surface area (Å²) in [6.45, 7) is 2.93. The molecule has 6 nitrogen and oxygen atoms in total. The van der Waals surface area contributed by atoms with E-state index in [0.717, 1.165) is 11.0 Å². The lowest BCUT2D eigenvalue weighted by molar-refractivity contribution is -0.146. The highest BCUT2D eigenvalue weighted by molar-refractivity contribution is 5.87. The molecule has 2 rings (SSSR count). The molecule has 2 N–H and O–H groups in total. The quantitative estimate of drug-likeness (QED) is 0.860. The Hall–Kier alpha value is -2.37. The number of carbonyl (C=O) groups is 2. The molecular weight excluding hydrogens is 246 g/mol. The highest BCUT2D eigenvalue weighted by Gasteiger charge is 2.28. The third kappa shape index (κ3) is 2.73. The van der Waals surface area contributed by atoms with Crippen LogP contribution in [0.5, 0.6) is 0 Å². The van der Waals surface area contributed by atoms with Crippen LogP contribution in [0, 0.1) is 0 Å². The number of imidazole rings is 1. The van der Waals surface area contributed by atoms with E-state index >= 15 is 0 Å². The molecule has 6 heteroatoms. The van der Waals surface area contributed by atoms with Crippen LogP contribution < -0.4 is 5.32 Å². The Morgan fingerprint density at radius 2 is 2.05 bits per heavy atom. The van der Waals surface area contributed by atoms with Crippen LogP contribution in [0.1, 0.15) is 13.8 Å². The van der Waals surface area contributed by atoms with Gasteiger partial charge in [0.25, 0.3) is 0 Å². The second kappa shape index (κ2) is 4.72. The molecule has 0 saturated carbocycles. The van der Waals surface area contributed by atoms with E-state index in [9.17, 15) is 9.59 Å². The standard InChI is InChI=1S/C13H15N3O3/c1-13(2,12(18)19)15-11(17)7-16-8-14-9-5-3-4-6-10(9)16/h3-6,8H,7H2,1-2H3,(H,15,17)(H,18,19). The number of carboxylic acid groups (broad SMARTS) is 1. The second-order valence-electron chi connectivity index (χ2n) is 4.84. The second-order valence-corrected chi connectivity index (χ2v) is 4.84. The molecule has 0 unspecified atom stereocenters. The number of fused-ring (bicyclic) bond motifs is 1. The van der Waals surface area contributed by atoms with E-state index in [1.54, 1.807) is 10.9 Å². The monoisotopic (exact) mass is 261 g/mol. The van der Waals surface area contributed by atoms with Crippen LogP contribution in [0.25, 0.3) is 11.0 Å². The minimum atomic E-state index is -1.28. The van der Waals surface area contributed by atoms with Gasteiger partial charge >= 0.3 is 5.97 Å². The minimum Gasteiger partial charge on any atom is -0.480 e. The van der Waals surface area contributed by atoms with Gasteiger partial charge in [-0.05, 0) is 26.0 Å². The van der Waals surface area contributed by atoms with E-state index < -0.39 is 11.5 Å². The maximum Gasteiger partial charge on any atom is 0.328 e. The number of carbonyl (C=O) groups excluding carboxylic acids is 1. The van der Waals surface area contributed by atoms with Gasteiger partial charge in [0.1, 0.15) is 12.1 Å². The van der Waals surface area contributed by atoms with Gasteiger partial charge in [0.15, 0.2) is 0 Å². The smallest absolute Gasteiger partial charge is 0.328 e. The van der Waals surface area contributed by atoms with E-state index in [2.05, 4.69) is 10.3 Å². The number of benzene rings is 1. The summed E-state index contributed by atoms with van der Waals surface area (Å²) in [5, 5.41) is 11.4. The first-order valence-electron chi connectivity index (χ1n) is 5.84. The maximum atomic E-state index is 11.9. The molecule has 1 aromatic heterocycles. The van der Waals surface area contributed by atoms with Crippen LogP contribution in [-0.2, 0) is 16.1 Å². The molecule has 0 atom stereocenters. The molecule has 1 amide bonds. The average molecular weight is 261 g/mol. The van der Waals surface area contributed by atoms with Gasteiger partial charge in [-0.1, -0.05) is 12.1 Å². The van der Waals surface area contributed by atoms with Crippen molar-refractivity contribution in [2.75, 3.05) is 0 Å². The summed E-state index contributed by atoms with van der Waals surface area (Å²) >= 11 is 0. The van der Waals surface area contributed by atoms with Crippen LogP contribution in [0.3, 0.4) is 0 Å². The molecule has 100 valence electrons. The number of hydrogen-bond acceptors (Lipinski definition) is 3. The third-order valence-electron chi connectivity index (χ3n) is 2.83. The van der Waals surface area contributed by atoms with Crippen molar-refractivity contribution in [1.82, 2.24) is 14.9 Å². The average Bonchev–Trinajstić information content (AvgIpc) is 2.72. The van der Waals surface area contributed by atoms with Gasteiger partial charge in [0.05, 0.1) is 17.4 Å². The largest absolute Gasteiger partial charge is 0.480 e. The van der Waals surface area contributed by atoms with Gasteiger partial charge in [0.2, 0.25) is 5.91 Å². The van der Waals surface area contributed by atoms with Crippen molar-refractivity contribution in [3.63, 3.8) is 0 Å². The lowest BCUT2D eigenvalue weighted by Gasteiger charge is -2.21. The van der Waals surface area contributed by atoms with Crippen molar-refractivity contribution in [3.8, 4) is 0 Å². The van der Waals surface area contributed by atoms with Crippen molar-refractivity contribution in [1.29, 1.82) is 0 Å². The van der Waals surface area contributed by atoms with Crippen LogP contribution >= 0.6 is 0 Å². The number of aromatic nitrogens is 2.